The largest absolute Gasteiger partial charge is 4.00 e. The van der Waals surface area contributed by atoms with Crippen LogP contribution in [-0.4, -0.2) is 17.4 Å². The van der Waals surface area contributed by atoms with Crippen LogP contribution in [0.5, 0.6) is 0 Å². The fraction of sp³-hybridized carbons (Fsp3) is 0. The number of phosphoric acid groups is 2. The van der Waals surface area contributed by atoms with Crippen LogP contribution in [0.15, 0.2) is 0 Å². The zero-order valence-corrected chi connectivity index (χ0v) is 10.7. The van der Waals surface area contributed by atoms with Gasteiger partial charge in [0.25, 0.3) is 0 Å². The van der Waals surface area contributed by atoms with Gasteiger partial charge in [-0.05, 0) is 0 Å². The molecule has 0 N–H and O–H groups in total. The smallest absolute Gasteiger partial charge is 0.822 e. The van der Waals surface area contributed by atoms with Crippen LogP contribution < -0.4 is 48.2 Å². The van der Waals surface area contributed by atoms with Crippen molar-refractivity contribution in [1.29, 1.82) is 0 Å². The molecule has 0 aliphatic carbocycles. The van der Waals surface area contributed by atoms with Crippen LogP contribution in [0.4, 0.5) is 0 Å². The topological polar surface area (TPSA) is 172 Å². The van der Waals surface area contributed by atoms with E-state index in [2.05, 4.69) is 0 Å². The minimum Gasteiger partial charge on any atom is -0.822 e. The molecule has 0 spiro atoms. The monoisotopic (exact) mass is 272 g/mol. The van der Waals surface area contributed by atoms with E-state index in [-0.39, 0.29) is 57.9 Å². The summed E-state index contributed by atoms with van der Waals surface area (Å²) in [7, 11) is -10.8. The maximum atomic E-state index is 8.55. The van der Waals surface area contributed by atoms with Crippen molar-refractivity contribution < 1.29 is 79.1 Å². The molecule has 0 aliphatic heterocycles. The molecule has 0 aromatic carbocycles. The second-order valence-electron chi connectivity index (χ2n) is 0.894. The molecule has 0 fully saturated rings. The molecule has 13 heteroatoms. The molecular formula is AlLiO8P2Ti+2. The van der Waals surface area contributed by atoms with Crippen molar-refractivity contribution in [1.82, 2.24) is 0 Å². The molecule has 0 aliphatic rings. The Hall–Kier alpha value is 2.06. The minimum absolute atomic E-state index is 0. The second-order valence-corrected chi connectivity index (χ2v) is 2.68. The van der Waals surface area contributed by atoms with Crippen molar-refractivity contribution >= 4 is 33.0 Å². The Morgan fingerprint density at radius 3 is 0.692 bits per heavy atom. The molecule has 0 heterocycles. The molecule has 0 bridgehead atoms. The molecule has 8 nitrogen and oxygen atoms in total. The van der Waals surface area contributed by atoms with Gasteiger partial charge in [0, 0.05) is 0 Å². The summed E-state index contributed by atoms with van der Waals surface area (Å²) in [6, 6.07) is 0. The predicted octanol–water partition coefficient (Wildman–Crippen LogP) is -9.03. The number of hydrogen-bond acceptors (Lipinski definition) is 8. The fourth-order valence-electron chi connectivity index (χ4n) is 0. The van der Waals surface area contributed by atoms with Crippen molar-refractivity contribution in [3.8, 4) is 0 Å². The van der Waals surface area contributed by atoms with Crippen LogP contribution in [0.25, 0.3) is 0 Å². The van der Waals surface area contributed by atoms with Gasteiger partial charge >= 0.3 is 57.9 Å². The Kier molecular flexibility index (Phi) is 27.5. The van der Waals surface area contributed by atoms with Crippen LogP contribution >= 0.6 is 15.6 Å². The summed E-state index contributed by atoms with van der Waals surface area (Å²) in [5.74, 6) is 0. The van der Waals surface area contributed by atoms with Gasteiger partial charge in [-0.1, -0.05) is 0 Å². The van der Waals surface area contributed by atoms with Gasteiger partial charge in [-0.15, -0.1) is 0 Å². The maximum Gasteiger partial charge on any atom is 4.00 e. The summed E-state index contributed by atoms with van der Waals surface area (Å²) in [6.07, 6.45) is 0. The van der Waals surface area contributed by atoms with Gasteiger partial charge < -0.3 is 38.5 Å². The van der Waals surface area contributed by atoms with Gasteiger partial charge in [-0.3, -0.25) is 0 Å². The Bertz CT molecular complexity index is 134. The first-order valence-electron chi connectivity index (χ1n) is 1.46. The Labute approximate surface area is 111 Å². The SMILES string of the molecule is O=P([O-])([O-])[O-].O=P([O-])([O-])[O-].[Al+3].[Li+].[Ti+4]. The van der Waals surface area contributed by atoms with E-state index in [9.17, 15) is 0 Å². The van der Waals surface area contributed by atoms with Gasteiger partial charge in [-0.25, -0.2) is 0 Å². The molecule has 0 aromatic rings. The van der Waals surface area contributed by atoms with Crippen molar-refractivity contribution in [3.05, 3.63) is 0 Å². The number of hydrogen-bond donors (Lipinski definition) is 0. The predicted molar refractivity (Wildman–Crippen MR) is 21.0 cm³/mol. The van der Waals surface area contributed by atoms with E-state index < -0.39 is 15.6 Å². The van der Waals surface area contributed by atoms with Gasteiger partial charge in [0.05, 0.1) is 0 Å². The van der Waals surface area contributed by atoms with E-state index in [0.717, 1.165) is 0 Å². The first-order chi connectivity index (χ1) is 4.00. The summed E-state index contributed by atoms with van der Waals surface area (Å²) in [6.45, 7) is 0. The maximum absolute atomic E-state index is 8.55. The third-order valence-electron chi connectivity index (χ3n) is 0. The van der Waals surface area contributed by atoms with E-state index >= 15 is 0 Å². The van der Waals surface area contributed by atoms with Crippen molar-refractivity contribution in [3.63, 3.8) is 0 Å². The first-order valence-corrected chi connectivity index (χ1v) is 4.38. The summed E-state index contributed by atoms with van der Waals surface area (Å²) in [5, 5.41) is 0. The molecular weight excluding hydrogens is 272 g/mol. The van der Waals surface area contributed by atoms with Crippen molar-refractivity contribution in [2.24, 2.45) is 0 Å². The fourth-order valence-corrected chi connectivity index (χ4v) is 0. The van der Waals surface area contributed by atoms with E-state index in [0.29, 0.717) is 0 Å². The van der Waals surface area contributed by atoms with Crippen molar-refractivity contribution in [2.75, 3.05) is 0 Å². The first kappa shape index (κ1) is 29.4. The van der Waals surface area contributed by atoms with E-state index in [4.69, 9.17) is 38.5 Å². The Balaban J connectivity index is -0.0000000267. The summed E-state index contributed by atoms with van der Waals surface area (Å²) in [4.78, 5) is 51.3. The standard InChI is InChI=1S/Al.Li.2H3O4P.Ti/c;;2*1-5(2,3)4;/h;;2*(H3,1,2,3,4);/q+3;+1;;;+4/p-6. The molecule has 0 rings (SSSR count). The van der Waals surface area contributed by atoms with Crippen LogP contribution in [0, 0.1) is 0 Å². The summed E-state index contributed by atoms with van der Waals surface area (Å²) < 4.78 is 17.1. The van der Waals surface area contributed by atoms with E-state index in [1.54, 1.807) is 0 Å². The number of rotatable bonds is 0. The van der Waals surface area contributed by atoms with Crippen LogP contribution in [0.2, 0.25) is 0 Å². The molecule has 64 valence electrons. The Morgan fingerprint density at radius 2 is 0.692 bits per heavy atom. The Morgan fingerprint density at radius 1 is 0.692 bits per heavy atom. The molecule has 0 saturated carbocycles. The van der Waals surface area contributed by atoms with E-state index in [1.807, 2.05) is 0 Å². The molecule has 13 heavy (non-hydrogen) atoms. The van der Waals surface area contributed by atoms with Crippen LogP contribution in [0.1, 0.15) is 0 Å². The van der Waals surface area contributed by atoms with E-state index in [1.165, 1.54) is 0 Å². The molecule has 0 saturated heterocycles. The van der Waals surface area contributed by atoms with Gasteiger partial charge in [0.1, 0.15) is 0 Å². The molecule has 0 unspecified atom stereocenters. The zero-order chi connectivity index (χ0) is 9.00. The van der Waals surface area contributed by atoms with Crippen LogP contribution in [-0.2, 0) is 30.8 Å². The molecule has 0 aromatic heterocycles. The quantitative estimate of drug-likeness (QED) is 0.308. The average Bonchev–Trinajstić information content (AvgIpc) is 1.12. The normalized spacial score (nSPS) is 9.08. The van der Waals surface area contributed by atoms with Gasteiger partial charge in [-0.2, -0.15) is 15.6 Å². The average molecular weight is 272 g/mol. The third-order valence-corrected chi connectivity index (χ3v) is 0. The summed E-state index contributed by atoms with van der Waals surface area (Å²) in [5.41, 5.74) is 0. The van der Waals surface area contributed by atoms with Gasteiger partial charge in [0.15, 0.2) is 0 Å². The van der Waals surface area contributed by atoms with Crippen LogP contribution in [0.3, 0.4) is 0 Å². The third kappa shape index (κ3) is 480. The van der Waals surface area contributed by atoms with Gasteiger partial charge in [0.2, 0.25) is 0 Å². The zero-order valence-electron chi connectivity index (χ0n) is 6.24. The second kappa shape index (κ2) is 12.1. The minimum atomic E-state index is -5.39. The van der Waals surface area contributed by atoms with Crippen molar-refractivity contribution in [2.45, 2.75) is 0 Å². The summed E-state index contributed by atoms with van der Waals surface area (Å²) >= 11 is 0. The molecule has 0 radical (unpaired) electrons. The molecule has 0 amide bonds. The molecule has 0 atom stereocenters.